The van der Waals surface area contributed by atoms with Crippen molar-refractivity contribution in [3.63, 3.8) is 0 Å². The Bertz CT molecular complexity index is 232. The highest BCUT2D eigenvalue weighted by molar-refractivity contribution is 4.81. The lowest BCUT2D eigenvalue weighted by molar-refractivity contribution is 0.164. The van der Waals surface area contributed by atoms with E-state index >= 15 is 0 Å². The van der Waals surface area contributed by atoms with Gasteiger partial charge in [-0.25, -0.2) is 0 Å². The molecule has 18 heavy (non-hydrogen) atoms. The molecule has 1 N–H and O–H groups in total. The molecule has 0 bridgehead atoms. The van der Waals surface area contributed by atoms with Crippen LogP contribution in [0.25, 0.3) is 0 Å². The Hall–Kier alpha value is -0.120. The van der Waals surface area contributed by atoms with Crippen LogP contribution in [-0.2, 0) is 0 Å². The third kappa shape index (κ3) is 5.25. The van der Waals surface area contributed by atoms with E-state index in [0.717, 1.165) is 19.0 Å². The predicted molar refractivity (Wildman–Crippen MR) is 80.0 cm³/mol. The molecule has 0 aromatic heterocycles. The molecule has 0 saturated carbocycles. The SMILES string of the molecule is CCNCC(C)(CC)CN(C)CC1CCN(C)C1. The van der Waals surface area contributed by atoms with Gasteiger partial charge in [-0.05, 0) is 51.4 Å². The van der Waals surface area contributed by atoms with Gasteiger partial charge in [0.2, 0.25) is 0 Å². The zero-order valence-electron chi connectivity index (χ0n) is 13.1. The Morgan fingerprint density at radius 2 is 2.11 bits per heavy atom. The second-order valence-corrected chi connectivity index (χ2v) is 6.56. The smallest absolute Gasteiger partial charge is 0.00445 e. The van der Waals surface area contributed by atoms with Crippen LogP contribution in [-0.4, -0.2) is 63.2 Å². The summed E-state index contributed by atoms with van der Waals surface area (Å²) in [4.78, 5) is 5.00. The largest absolute Gasteiger partial charge is 0.316 e. The molecule has 0 aromatic carbocycles. The molecule has 1 saturated heterocycles. The van der Waals surface area contributed by atoms with E-state index < -0.39 is 0 Å². The molecule has 0 amide bonds. The fraction of sp³-hybridized carbons (Fsp3) is 1.00. The van der Waals surface area contributed by atoms with Crippen molar-refractivity contribution in [3.05, 3.63) is 0 Å². The summed E-state index contributed by atoms with van der Waals surface area (Å²) < 4.78 is 0. The van der Waals surface area contributed by atoms with Gasteiger partial charge in [0.1, 0.15) is 0 Å². The van der Waals surface area contributed by atoms with Gasteiger partial charge in [-0.1, -0.05) is 20.8 Å². The van der Waals surface area contributed by atoms with Crippen molar-refractivity contribution in [2.45, 2.75) is 33.6 Å². The molecule has 108 valence electrons. The van der Waals surface area contributed by atoms with Gasteiger partial charge in [-0.2, -0.15) is 0 Å². The molecule has 3 heteroatoms. The average Bonchev–Trinajstić information content (AvgIpc) is 2.72. The molecule has 0 radical (unpaired) electrons. The lowest BCUT2D eigenvalue weighted by Crippen LogP contribution is -2.42. The van der Waals surface area contributed by atoms with Crippen molar-refractivity contribution in [2.24, 2.45) is 11.3 Å². The summed E-state index contributed by atoms with van der Waals surface area (Å²) in [7, 11) is 4.53. The summed E-state index contributed by atoms with van der Waals surface area (Å²) in [6, 6.07) is 0. The van der Waals surface area contributed by atoms with Gasteiger partial charge >= 0.3 is 0 Å². The Kier molecular flexibility index (Phi) is 6.61. The van der Waals surface area contributed by atoms with Crippen molar-refractivity contribution in [2.75, 3.05) is 53.4 Å². The minimum Gasteiger partial charge on any atom is -0.316 e. The molecule has 1 aliphatic rings. The molecule has 3 nitrogen and oxygen atoms in total. The summed E-state index contributed by atoms with van der Waals surface area (Å²) in [5, 5.41) is 3.51. The van der Waals surface area contributed by atoms with Crippen LogP contribution >= 0.6 is 0 Å². The van der Waals surface area contributed by atoms with E-state index in [0.29, 0.717) is 5.41 Å². The Morgan fingerprint density at radius 3 is 2.61 bits per heavy atom. The van der Waals surface area contributed by atoms with Crippen LogP contribution in [0.4, 0.5) is 0 Å². The second-order valence-electron chi connectivity index (χ2n) is 6.56. The summed E-state index contributed by atoms with van der Waals surface area (Å²) in [6.07, 6.45) is 2.62. The highest BCUT2D eigenvalue weighted by Crippen LogP contribution is 2.23. The van der Waals surface area contributed by atoms with E-state index in [1.165, 1.54) is 39.0 Å². The third-order valence-electron chi connectivity index (χ3n) is 4.37. The van der Waals surface area contributed by atoms with Crippen LogP contribution in [0.15, 0.2) is 0 Å². The molecule has 2 atom stereocenters. The first-order valence-corrected chi connectivity index (χ1v) is 7.57. The van der Waals surface area contributed by atoms with Gasteiger partial charge in [0, 0.05) is 26.2 Å². The molecule has 2 unspecified atom stereocenters. The highest BCUT2D eigenvalue weighted by Gasteiger charge is 2.26. The second kappa shape index (κ2) is 7.46. The predicted octanol–water partition coefficient (Wildman–Crippen LogP) is 1.90. The number of hydrogen-bond acceptors (Lipinski definition) is 3. The zero-order chi connectivity index (χ0) is 13.6. The standard InChI is InChI=1S/C15H33N3/c1-6-15(3,12-16-7-2)13-18(5)11-14-8-9-17(4)10-14/h14,16H,6-13H2,1-5H3. The zero-order valence-corrected chi connectivity index (χ0v) is 13.1. The molecular formula is C15H33N3. The Morgan fingerprint density at radius 1 is 1.39 bits per heavy atom. The van der Waals surface area contributed by atoms with Crippen LogP contribution in [0.2, 0.25) is 0 Å². The first-order valence-electron chi connectivity index (χ1n) is 7.57. The molecule has 1 heterocycles. The quantitative estimate of drug-likeness (QED) is 0.714. The lowest BCUT2D eigenvalue weighted by atomic mass is 9.86. The summed E-state index contributed by atoms with van der Waals surface area (Å²) >= 11 is 0. The average molecular weight is 255 g/mol. The molecule has 0 aromatic rings. The number of nitrogens with zero attached hydrogens (tertiary/aromatic N) is 2. The number of likely N-dealkylation sites (tertiary alicyclic amines) is 1. The fourth-order valence-corrected chi connectivity index (χ4v) is 3.05. The minimum absolute atomic E-state index is 0.412. The van der Waals surface area contributed by atoms with Gasteiger partial charge in [-0.3, -0.25) is 0 Å². The van der Waals surface area contributed by atoms with E-state index in [4.69, 9.17) is 0 Å². The summed E-state index contributed by atoms with van der Waals surface area (Å²) in [5.74, 6) is 0.875. The van der Waals surface area contributed by atoms with E-state index in [2.05, 4.69) is 50.0 Å². The van der Waals surface area contributed by atoms with Crippen LogP contribution < -0.4 is 5.32 Å². The van der Waals surface area contributed by atoms with Crippen molar-refractivity contribution in [1.82, 2.24) is 15.1 Å². The van der Waals surface area contributed by atoms with Crippen LogP contribution in [0.5, 0.6) is 0 Å². The van der Waals surface area contributed by atoms with Gasteiger partial charge in [0.25, 0.3) is 0 Å². The lowest BCUT2D eigenvalue weighted by Gasteiger charge is -2.34. The Balaban J connectivity index is 2.34. The maximum atomic E-state index is 3.51. The van der Waals surface area contributed by atoms with E-state index in [1.54, 1.807) is 0 Å². The molecule has 1 rings (SSSR count). The molecular weight excluding hydrogens is 222 g/mol. The maximum absolute atomic E-state index is 3.51. The number of hydrogen-bond donors (Lipinski definition) is 1. The Labute approximate surface area is 114 Å². The van der Waals surface area contributed by atoms with E-state index in [9.17, 15) is 0 Å². The van der Waals surface area contributed by atoms with Gasteiger partial charge in [-0.15, -0.1) is 0 Å². The summed E-state index contributed by atoms with van der Waals surface area (Å²) in [5.41, 5.74) is 0.412. The molecule has 0 spiro atoms. The molecule has 1 aliphatic heterocycles. The fourth-order valence-electron chi connectivity index (χ4n) is 3.05. The monoisotopic (exact) mass is 255 g/mol. The minimum atomic E-state index is 0.412. The first kappa shape index (κ1) is 15.9. The van der Waals surface area contributed by atoms with Gasteiger partial charge in [0.15, 0.2) is 0 Å². The first-order chi connectivity index (χ1) is 8.49. The maximum Gasteiger partial charge on any atom is 0.00445 e. The van der Waals surface area contributed by atoms with E-state index in [-0.39, 0.29) is 0 Å². The van der Waals surface area contributed by atoms with Crippen LogP contribution in [0.1, 0.15) is 33.6 Å². The molecule has 1 fully saturated rings. The van der Waals surface area contributed by atoms with Gasteiger partial charge in [0.05, 0.1) is 0 Å². The normalized spacial score (nSPS) is 24.7. The summed E-state index contributed by atoms with van der Waals surface area (Å²) in [6.45, 7) is 14.1. The number of rotatable bonds is 8. The molecule has 0 aliphatic carbocycles. The topological polar surface area (TPSA) is 18.5 Å². The number of nitrogens with one attached hydrogen (secondary N) is 1. The highest BCUT2D eigenvalue weighted by atomic mass is 15.2. The van der Waals surface area contributed by atoms with Crippen molar-refractivity contribution in [3.8, 4) is 0 Å². The van der Waals surface area contributed by atoms with Crippen LogP contribution in [0, 0.1) is 11.3 Å². The van der Waals surface area contributed by atoms with Crippen LogP contribution in [0.3, 0.4) is 0 Å². The van der Waals surface area contributed by atoms with Crippen molar-refractivity contribution in [1.29, 1.82) is 0 Å². The van der Waals surface area contributed by atoms with Crippen molar-refractivity contribution < 1.29 is 0 Å². The van der Waals surface area contributed by atoms with Crippen molar-refractivity contribution >= 4 is 0 Å². The van der Waals surface area contributed by atoms with Gasteiger partial charge < -0.3 is 15.1 Å². The third-order valence-corrected chi connectivity index (χ3v) is 4.37. The van der Waals surface area contributed by atoms with E-state index in [1.807, 2.05) is 0 Å².